The van der Waals surface area contributed by atoms with Crippen molar-refractivity contribution in [2.45, 2.75) is 53.1 Å². The van der Waals surface area contributed by atoms with Gasteiger partial charge in [-0.2, -0.15) is 5.10 Å². The molecule has 0 bridgehead atoms. The molecule has 0 aliphatic carbocycles. The van der Waals surface area contributed by atoms with Gasteiger partial charge in [-0.25, -0.2) is 0 Å². The van der Waals surface area contributed by atoms with Crippen LogP contribution in [0.1, 0.15) is 54.3 Å². The normalized spacial score (nSPS) is 13.2. The topological polar surface area (TPSA) is 57.0 Å². The maximum atomic E-state index is 6.32. The summed E-state index contributed by atoms with van der Waals surface area (Å²) in [7, 11) is 0. The van der Waals surface area contributed by atoms with Crippen LogP contribution in [0, 0.1) is 20.8 Å². The molecule has 104 valence electrons. The third-order valence-corrected chi connectivity index (χ3v) is 3.61. The van der Waals surface area contributed by atoms with Crippen LogP contribution in [0.2, 0.25) is 0 Å². The van der Waals surface area contributed by atoms with Gasteiger partial charge in [0.25, 0.3) is 0 Å². The number of nitrogens with zero attached hydrogens (tertiary/aromatic N) is 2. The van der Waals surface area contributed by atoms with E-state index >= 15 is 0 Å². The smallest absolute Gasteiger partial charge is 0.106 e. The second kappa shape index (κ2) is 5.21. The molecule has 0 aliphatic heterocycles. The molecule has 0 amide bonds. The molecule has 0 fully saturated rings. The Bertz CT molecular complexity index is 566. The van der Waals surface area contributed by atoms with Crippen molar-refractivity contribution < 1.29 is 4.42 Å². The zero-order chi connectivity index (χ0) is 14.2. The third kappa shape index (κ3) is 2.73. The fourth-order valence-electron chi connectivity index (χ4n) is 2.46. The van der Waals surface area contributed by atoms with Gasteiger partial charge in [-0.3, -0.25) is 4.68 Å². The van der Waals surface area contributed by atoms with Crippen LogP contribution in [0.25, 0.3) is 0 Å². The summed E-state index contributed by atoms with van der Waals surface area (Å²) in [6, 6.07) is 2.36. The van der Waals surface area contributed by atoms with Crippen molar-refractivity contribution in [3.05, 3.63) is 40.6 Å². The lowest BCUT2D eigenvalue weighted by molar-refractivity contribution is 0.494. The molecule has 0 aliphatic rings. The van der Waals surface area contributed by atoms with Crippen LogP contribution in [0.15, 0.2) is 16.7 Å². The first kappa shape index (κ1) is 13.9. The van der Waals surface area contributed by atoms with E-state index in [1.165, 1.54) is 0 Å². The Labute approximate surface area is 114 Å². The van der Waals surface area contributed by atoms with Crippen LogP contribution in [0.4, 0.5) is 0 Å². The molecule has 2 N–H and O–H groups in total. The molecule has 2 aromatic heterocycles. The maximum Gasteiger partial charge on any atom is 0.106 e. The molecule has 0 aromatic carbocycles. The van der Waals surface area contributed by atoms with Gasteiger partial charge < -0.3 is 10.2 Å². The van der Waals surface area contributed by atoms with E-state index in [1.54, 1.807) is 0 Å². The van der Waals surface area contributed by atoms with Gasteiger partial charge in [0.05, 0.1) is 5.69 Å². The zero-order valence-electron chi connectivity index (χ0n) is 12.4. The quantitative estimate of drug-likeness (QED) is 0.919. The molecular formula is C15H23N3O. The fraction of sp³-hybridized carbons (Fsp3) is 0.533. The van der Waals surface area contributed by atoms with Crippen molar-refractivity contribution >= 4 is 0 Å². The minimum absolute atomic E-state index is 0.0621. The zero-order valence-corrected chi connectivity index (χ0v) is 12.4. The van der Waals surface area contributed by atoms with Crippen LogP contribution in [-0.4, -0.2) is 9.78 Å². The summed E-state index contributed by atoms with van der Waals surface area (Å²) in [5.74, 6) is 1.88. The highest BCUT2D eigenvalue weighted by Gasteiger charge is 2.19. The van der Waals surface area contributed by atoms with E-state index in [1.807, 2.05) is 30.8 Å². The van der Waals surface area contributed by atoms with Crippen LogP contribution >= 0.6 is 0 Å². The highest BCUT2D eigenvalue weighted by atomic mass is 16.3. The first-order chi connectivity index (χ1) is 8.90. The lowest BCUT2D eigenvalue weighted by atomic mass is 9.99. The minimum atomic E-state index is -0.0621. The Balaban J connectivity index is 2.18. The Morgan fingerprint density at radius 2 is 1.95 bits per heavy atom. The number of rotatable bonds is 4. The van der Waals surface area contributed by atoms with Gasteiger partial charge in [0.15, 0.2) is 0 Å². The van der Waals surface area contributed by atoms with Crippen molar-refractivity contribution in [1.29, 1.82) is 0 Å². The number of nitrogens with two attached hydrogens (primary N) is 1. The summed E-state index contributed by atoms with van der Waals surface area (Å²) >= 11 is 0. The van der Waals surface area contributed by atoms with Crippen molar-refractivity contribution in [3.8, 4) is 0 Å². The summed E-state index contributed by atoms with van der Waals surface area (Å²) in [5.41, 5.74) is 9.63. The molecule has 2 aromatic rings. The molecule has 4 heteroatoms. The van der Waals surface area contributed by atoms with Crippen molar-refractivity contribution in [2.75, 3.05) is 0 Å². The van der Waals surface area contributed by atoms with Gasteiger partial charge in [0.1, 0.15) is 11.5 Å². The van der Waals surface area contributed by atoms with E-state index in [4.69, 9.17) is 10.2 Å². The second-order valence-electron chi connectivity index (χ2n) is 5.44. The second-order valence-corrected chi connectivity index (χ2v) is 5.44. The van der Waals surface area contributed by atoms with Gasteiger partial charge in [0, 0.05) is 30.3 Å². The number of furan rings is 1. The first-order valence-corrected chi connectivity index (χ1v) is 6.76. The third-order valence-electron chi connectivity index (χ3n) is 3.61. The largest absolute Gasteiger partial charge is 0.466 e. The Morgan fingerprint density at radius 1 is 1.26 bits per heavy atom. The Hall–Kier alpha value is -1.55. The molecule has 2 heterocycles. The highest BCUT2D eigenvalue weighted by molar-refractivity contribution is 5.34. The fourth-order valence-corrected chi connectivity index (χ4v) is 2.46. The molecule has 0 saturated carbocycles. The van der Waals surface area contributed by atoms with Crippen molar-refractivity contribution in [1.82, 2.24) is 9.78 Å². The molecule has 2 rings (SSSR count). The minimum Gasteiger partial charge on any atom is -0.466 e. The lowest BCUT2D eigenvalue weighted by Gasteiger charge is -2.11. The van der Waals surface area contributed by atoms with Gasteiger partial charge in [-0.05, 0) is 46.2 Å². The van der Waals surface area contributed by atoms with Gasteiger partial charge in [0.2, 0.25) is 0 Å². The van der Waals surface area contributed by atoms with Crippen LogP contribution < -0.4 is 5.73 Å². The summed E-state index contributed by atoms with van der Waals surface area (Å²) in [5, 5.41) is 4.55. The maximum absolute atomic E-state index is 6.32. The van der Waals surface area contributed by atoms with E-state index in [0.29, 0.717) is 6.04 Å². The summed E-state index contributed by atoms with van der Waals surface area (Å²) in [4.78, 5) is 0. The van der Waals surface area contributed by atoms with E-state index in [-0.39, 0.29) is 6.04 Å². The predicted molar refractivity (Wildman–Crippen MR) is 76.2 cm³/mol. The SMILES string of the molecule is Cc1oc(C)c(C(N)Cc2ccn(C(C)C)n2)c1C. The number of hydrogen-bond acceptors (Lipinski definition) is 3. The molecule has 1 unspecified atom stereocenters. The Morgan fingerprint density at radius 3 is 2.42 bits per heavy atom. The number of aryl methyl sites for hydroxylation is 2. The molecule has 0 spiro atoms. The number of aromatic nitrogens is 2. The predicted octanol–water partition coefficient (Wildman–Crippen LogP) is 3.22. The molecule has 0 saturated heterocycles. The van der Waals surface area contributed by atoms with Crippen LogP contribution in [-0.2, 0) is 6.42 Å². The van der Waals surface area contributed by atoms with Gasteiger partial charge >= 0.3 is 0 Å². The van der Waals surface area contributed by atoms with Crippen LogP contribution in [0.5, 0.6) is 0 Å². The van der Waals surface area contributed by atoms with E-state index in [0.717, 1.165) is 34.8 Å². The highest BCUT2D eigenvalue weighted by Crippen LogP contribution is 2.27. The average molecular weight is 261 g/mol. The number of hydrogen-bond donors (Lipinski definition) is 1. The van der Waals surface area contributed by atoms with Crippen molar-refractivity contribution in [3.63, 3.8) is 0 Å². The van der Waals surface area contributed by atoms with E-state index < -0.39 is 0 Å². The molecule has 19 heavy (non-hydrogen) atoms. The molecular weight excluding hydrogens is 238 g/mol. The van der Waals surface area contributed by atoms with Gasteiger partial charge in [-0.1, -0.05) is 0 Å². The molecule has 4 nitrogen and oxygen atoms in total. The Kier molecular flexibility index (Phi) is 3.80. The van der Waals surface area contributed by atoms with E-state index in [2.05, 4.69) is 25.9 Å². The first-order valence-electron chi connectivity index (χ1n) is 6.76. The van der Waals surface area contributed by atoms with Crippen molar-refractivity contribution in [2.24, 2.45) is 5.73 Å². The van der Waals surface area contributed by atoms with E-state index in [9.17, 15) is 0 Å². The summed E-state index contributed by atoms with van der Waals surface area (Å²) < 4.78 is 7.60. The average Bonchev–Trinajstić information content (AvgIpc) is 2.85. The summed E-state index contributed by atoms with van der Waals surface area (Å²) in [6.07, 6.45) is 2.74. The summed E-state index contributed by atoms with van der Waals surface area (Å²) in [6.45, 7) is 10.2. The van der Waals surface area contributed by atoms with Crippen LogP contribution in [0.3, 0.4) is 0 Å². The lowest BCUT2D eigenvalue weighted by Crippen LogP contribution is -2.15. The standard InChI is InChI=1S/C15H23N3O/c1-9(2)18-7-6-13(17-18)8-14(16)15-10(3)11(4)19-12(15)5/h6-7,9,14H,8,16H2,1-5H3. The monoisotopic (exact) mass is 261 g/mol. The molecule has 0 radical (unpaired) electrons. The van der Waals surface area contributed by atoms with Gasteiger partial charge in [-0.15, -0.1) is 0 Å². The molecule has 1 atom stereocenters.